The number of carboxylic acid groups (broad SMARTS) is 2. The van der Waals surface area contributed by atoms with Gasteiger partial charge in [-0.15, -0.1) is 0 Å². The van der Waals surface area contributed by atoms with E-state index in [1.807, 2.05) is 0 Å². The SMILES string of the molecule is CCCCCCCCCCCCCCCCCCCCCCCCCCC(=O)[O-].CCCCCCCCCCCCCCCCCCCCCCCCCCC(=O)[O-].[Zn+2]. The molecule has 4 nitrogen and oxygen atoms in total. The Morgan fingerprint density at radius 1 is 0.220 bits per heavy atom. The maximum absolute atomic E-state index is 10.3. The molecule has 0 aliphatic heterocycles. The van der Waals surface area contributed by atoms with Crippen LogP contribution in [0.1, 0.15) is 335 Å². The first-order valence-corrected chi connectivity index (χ1v) is 26.9. The molecule has 0 unspecified atom stereocenters. The predicted molar refractivity (Wildman–Crippen MR) is 252 cm³/mol. The van der Waals surface area contributed by atoms with Crippen molar-refractivity contribution in [3.05, 3.63) is 0 Å². The molecule has 0 saturated heterocycles. The Morgan fingerprint density at radius 2 is 0.322 bits per heavy atom. The standard InChI is InChI=1S/2C27H54O2.Zn/c2*1-2-3-4-5-6-7-8-9-10-11-12-13-14-15-16-17-18-19-20-21-22-23-24-25-26-27(28)29;/h2*2-26H2,1H3,(H,28,29);/q;;+2/p-2. The van der Waals surface area contributed by atoms with E-state index in [-0.39, 0.29) is 32.3 Å². The van der Waals surface area contributed by atoms with Crippen LogP contribution >= 0.6 is 0 Å². The molecule has 0 fully saturated rings. The third-order valence-electron chi connectivity index (χ3n) is 12.5. The van der Waals surface area contributed by atoms with E-state index in [9.17, 15) is 19.8 Å². The molecule has 0 atom stereocenters. The number of aliphatic carboxylic acids is 2. The largest absolute Gasteiger partial charge is 2.00 e. The van der Waals surface area contributed by atoms with E-state index in [2.05, 4.69) is 13.8 Å². The normalized spacial score (nSPS) is 11.0. The average Bonchev–Trinajstić information content (AvgIpc) is 3.21. The van der Waals surface area contributed by atoms with Gasteiger partial charge in [0.1, 0.15) is 0 Å². The molecule has 0 aliphatic rings. The maximum atomic E-state index is 10.3. The summed E-state index contributed by atoms with van der Waals surface area (Å²) in [6.07, 6.45) is 66.3. The van der Waals surface area contributed by atoms with Crippen molar-refractivity contribution >= 4 is 11.9 Å². The number of hydrogen-bond acceptors (Lipinski definition) is 4. The molecule has 59 heavy (non-hydrogen) atoms. The summed E-state index contributed by atoms with van der Waals surface area (Å²) in [5.41, 5.74) is 0. The van der Waals surface area contributed by atoms with Crippen molar-refractivity contribution in [3.63, 3.8) is 0 Å². The van der Waals surface area contributed by atoms with Gasteiger partial charge in [0.05, 0.1) is 0 Å². The van der Waals surface area contributed by atoms with Crippen LogP contribution in [0.5, 0.6) is 0 Å². The van der Waals surface area contributed by atoms with E-state index in [1.54, 1.807) is 0 Å². The average molecular weight is 885 g/mol. The number of unbranched alkanes of at least 4 members (excludes halogenated alkanes) is 46. The molecule has 0 aromatic carbocycles. The summed E-state index contributed by atoms with van der Waals surface area (Å²) in [5, 5.41) is 20.6. The maximum Gasteiger partial charge on any atom is 2.00 e. The fraction of sp³-hybridized carbons (Fsp3) is 0.963. The first-order chi connectivity index (χ1) is 28.5. The molecule has 348 valence electrons. The van der Waals surface area contributed by atoms with Crippen molar-refractivity contribution in [2.45, 2.75) is 335 Å². The van der Waals surface area contributed by atoms with Gasteiger partial charge in [0.15, 0.2) is 0 Å². The van der Waals surface area contributed by atoms with Crippen LogP contribution in [0.3, 0.4) is 0 Å². The van der Waals surface area contributed by atoms with Gasteiger partial charge >= 0.3 is 19.5 Å². The van der Waals surface area contributed by atoms with Gasteiger partial charge in [-0.25, -0.2) is 0 Å². The minimum atomic E-state index is -0.899. The number of rotatable bonds is 50. The fourth-order valence-corrected chi connectivity index (χ4v) is 8.46. The minimum absolute atomic E-state index is 0. The van der Waals surface area contributed by atoms with Crippen LogP contribution in [0.2, 0.25) is 0 Å². The topological polar surface area (TPSA) is 80.3 Å². The predicted octanol–water partition coefficient (Wildman–Crippen LogP) is 17.0. The van der Waals surface area contributed by atoms with Crippen LogP contribution in [0.25, 0.3) is 0 Å². The molecule has 0 saturated carbocycles. The van der Waals surface area contributed by atoms with Crippen molar-refractivity contribution in [2.24, 2.45) is 0 Å². The Balaban J connectivity index is -0.00000105. The Kier molecular flexibility index (Phi) is 63.6. The van der Waals surface area contributed by atoms with Gasteiger partial charge < -0.3 is 19.8 Å². The van der Waals surface area contributed by atoms with Crippen LogP contribution in [-0.4, -0.2) is 11.9 Å². The summed E-state index contributed by atoms with van der Waals surface area (Å²) in [6.45, 7) is 4.58. The van der Waals surface area contributed by atoms with E-state index in [0.29, 0.717) is 0 Å². The zero-order chi connectivity index (χ0) is 42.5. The van der Waals surface area contributed by atoms with Gasteiger partial charge in [-0.2, -0.15) is 0 Å². The summed E-state index contributed by atoms with van der Waals surface area (Å²) in [4.78, 5) is 20.6. The summed E-state index contributed by atoms with van der Waals surface area (Å²) in [6, 6.07) is 0. The summed E-state index contributed by atoms with van der Waals surface area (Å²) in [5.74, 6) is -1.80. The van der Waals surface area contributed by atoms with E-state index in [0.717, 1.165) is 25.7 Å². The van der Waals surface area contributed by atoms with Gasteiger partial charge in [0.2, 0.25) is 0 Å². The molecule has 0 bridgehead atoms. The van der Waals surface area contributed by atoms with Crippen LogP contribution in [-0.2, 0) is 29.1 Å². The van der Waals surface area contributed by atoms with Gasteiger partial charge in [0, 0.05) is 11.9 Å². The van der Waals surface area contributed by atoms with Gasteiger partial charge in [0.25, 0.3) is 0 Å². The second-order valence-corrected chi connectivity index (χ2v) is 18.5. The summed E-state index contributed by atoms with van der Waals surface area (Å²) < 4.78 is 0. The van der Waals surface area contributed by atoms with Crippen LogP contribution in [0.4, 0.5) is 0 Å². The number of carbonyl (C=O) groups is 2. The zero-order valence-corrected chi connectivity index (χ0v) is 43.7. The molecule has 0 N–H and O–H groups in total. The van der Waals surface area contributed by atoms with Crippen molar-refractivity contribution in [3.8, 4) is 0 Å². The molecule has 5 heteroatoms. The Morgan fingerprint density at radius 3 is 0.424 bits per heavy atom. The number of carboxylic acids is 2. The second-order valence-electron chi connectivity index (χ2n) is 18.5. The van der Waals surface area contributed by atoms with Gasteiger partial charge in [-0.1, -0.05) is 309 Å². The van der Waals surface area contributed by atoms with E-state index < -0.39 is 11.9 Å². The summed E-state index contributed by atoms with van der Waals surface area (Å²) in [7, 11) is 0. The van der Waals surface area contributed by atoms with Crippen molar-refractivity contribution in [2.75, 3.05) is 0 Å². The Hall–Kier alpha value is -0.437. The minimum Gasteiger partial charge on any atom is -0.550 e. The van der Waals surface area contributed by atoms with E-state index >= 15 is 0 Å². The molecule has 0 spiro atoms. The number of carbonyl (C=O) groups excluding carboxylic acids is 2. The van der Waals surface area contributed by atoms with Gasteiger partial charge in [-0.05, 0) is 25.7 Å². The molecule has 0 radical (unpaired) electrons. The Bertz CT molecular complexity index is 697. The second kappa shape index (κ2) is 59.7. The monoisotopic (exact) mass is 883 g/mol. The molecule has 0 aromatic heterocycles. The summed E-state index contributed by atoms with van der Waals surface area (Å²) >= 11 is 0. The van der Waals surface area contributed by atoms with Crippen LogP contribution in [0, 0.1) is 0 Å². The smallest absolute Gasteiger partial charge is 0.550 e. The number of hydrogen-bond donors (Lipinski definition) is 0. The van der Waals surface area contributed by atoms with Crippen LogP contribution < -0.4 is 10.2 Å². The third-order valence-corrected chi connectivity index (χ3v) is 12.5. The van der Waals surface area contributed by atoms with Crippen molar-refractivity contribution in [1.82, 2.24) is 0 Å². The van der Waals surface area contributed by atoms with Gasteiger partial charge in [-0.3, -0.25) is 0 Å². The fourth-order valence-electron chi connectivity index (χ4n) is 8.46. The van der Waals surface area contributed by atoms with Crippen molar-refractivity contribution in [1.29, 1.82) is 0 Å². The Labute approximate surface area is 384 Å². The first kappa shape index (κ1) is 62.9. The van der Waals surface area contributed by atoms with E-state index in [4.69, 9.17) is 0 Å². The molecule has 0 rings (SSSR count). The molecule has 0 aliphatic carbocycles. The van der Waals surface area contributed by atoms with Crippen molar-refractivity contribution < 1.29 is 39.3 Å². The molecule has 0 aromatic rings. The zero-order valence-electron chi connectivity index (χ0n) is 40.7. The molecular weight excluding hydrogens is 778 g/mol. The first-order valence-electron chi connectivity index (χ1n) is 26.9. The van der Waals surface area contributed by atoms with Crippen LogP contribution in [0.15, 0.2) is 0 Å². The molecule has 0 heterocycles. The third kappa shape index (κ3) is 66.8. The molecule has 0 amide bonds. The van der Waals surface area contributed by atoms with E-state index in [1.165, 1.54) is 283 Å². The quantitative estimate of drug-likeness (QED) is 0.0450. The molecular formula is C54H106O4Zn.